The molecule has 0 bridgehead atoms. The van der Waals surface area contributed by atoms with Crippen LogP contribution in [0.3, 0.4) is 0 Å². The molecule has 100 valence electrons. The quantitative estimate of drug-likeness (QED) is 0.899. The molecule has 6 heteroatoms. The molecule has 1 aliphatic rings. The van der Waals surface area contributed by atoms with Crippen molar-refractivity contribution >= 4 is 26.0 Å². The van der Waals surface area contributed by atoms with E-state index in [1.807, 2.05) is 0 Å². The Kier molecular flexibility index (Phi) is 4.11. The van der Waals surface area contributed by atoms with Crippen molar-refractivity contribution in [2.45, 2.75) is 29.7 Å². The highest BCUT2D eigenvalue weighted by Gasteiger charge is 2.41. The first-order chi connectivity index (χ1) is 8.49. The van der Waals surface area contributed by atoms with Gasteiger partial charge in [-0.15, -0.1) is 0 Å². The zero-order valence-electron chi connectivity index (χ0n) is 10.1. The second-order valence-corrected chi connectivity index (χ2v) is 7.11. The van der Waals surface area contributed by atoms with Crippen molar-refractivity contribution in [1.29, 1.82) is 0 Å². The molecule has 18 heavy (non-hydrogen) atoms. The van der Waals surface area contributed by atoms with Gasteiger partial charge >= 0.3 is 0 Å². The fourth-order valence-corrected chi connectivity index (χ4v) is 4.61. The lowest BCUT2D eigenvalue weighted by molar-refractivity contribution is 0.0729. The highest BCUT2D eigenvalue weighted by atomic mass is 79.9. The molecular formula is C12H16BrNO3S. The Morgan fingerprint density at radius 3 is 2.56 bits per heavy atom. The fourth-order valence-electron chi connectivity index (χ4n) is 2.16. The summed E-state index contributed by atoms with van der Waals surface area (Å²) in [6, 6.07) is 6.81. The van der Waals surface area contributed by atoms with E-state index in [1.165, 1.54) is 0 Å². The number of halogens is 1. The summed E-state index contributed by atoms with van der Waals surface area (Å²) in [5.41, 5.74) is -0.428. The molecule has 0 aliphatic heterocycles. The molecule has 4 nitrogen and oxygen atoms in total. The monoisotopic (exact) mass is 333 g/mol. The average molecular weight is 334 g/mol. The summed E-state index contributed by atoms with van der Waals surface area (Å²) in [6.07, 6.45) is 2.68. The molecule has 0 saturated heterocycles. The summed E-state index contributed by atoms with van der Waals surface area (Å²) in [7, 11) is -1.92. The maximum atomic E-state index is 12.3. The van der Waals surface area contributed by atoms with Gasteiger partial charge in [0, 0.05) is 11.6 Å². The van der Waals surface area contributed by atoms with Crippen molar-refractivity contribution in [2.24, 2.45) is 0 Å². The van der Waals surface area contributed by atoms with Gasteiger partial charge in [0.25, 0.3) is 0 Å². The summed E-state index contributed by atoms with van der Waals surface area (Å²) < 4.78 is 33.2. The van der Waals surface area contributed by atoms with Crippen LogP contribution >= 0.6 is 15.9 Å². The predicted octanol–water partition coefficient (Wildman–Crippen LogP) is 2.30. The number of nitrogens with one attached hydrogen (secondary N) is 1. The molecule has 0 atom stereocenters. The summed E-state index contributed by atoms with van der Waals surface area (Å²) in [5, 5.41) is 0. The van der Waals surface area contributed by atoms with Crippen LogP contribution in [0.2, 0.25) is 0 Å². The van der Waals surface area contributed by atoms with Crippen molar-refractivity contribution in [3.8, 4) is 0 Å². The third-order valence-electron chi connectivity index (χ3n) is 3.21. The van der Waals surface area contributed by atoms with Crippen LogP contribution in [-0.4, -0.2) is 27.7 Å². The van der Waals surface area contributed by atoms with Crippen molar-refractivity contribution in [3.63, 3.8) is 0 Å². The first-order valence-electron chi connectivity index (χ1n) is 5.77. The molecular weight excluding hydrogens is 318 g/mol. The van der Waals surface area contributed by atoms with Crippen LogP contribution in [0.5, 0.6) is 0 Å². The Morgan fingerprint density at radius 1 is 1.39 bits per heavy atom. The van der Waals surface area contributed by atoms with Gasteiger partial charge in [-0.25, -0.2) is 13.1 Å². The second kappa shape index (κ2) is 5.28. The van der Waals surface area contributed by atoms with Gasteiger partial charge in [0.15, 0.2) is 0 Å². The Hall–Kier alpha value is -0.430. The molecule has 0 unspecified atom stereocenters. The van der Waals surface area contributed by atoms with Gasteiger partial charge in [0.2, 0.25) is 10.0 Å². The number of ether oxygens (including phenoxy) is 1. The van der Waals surface area contributed by atoms with Crippen LogP contribution in [-0.2, 0) is 14.8 Å². The van der Waals surface area contributed by atoms with Crippen LogP contribution in [0.15, 0.2) is 33.6 Å². The summed E-state index contributed by atoms with van der Waals surface area (Å²) in [5.74, 6) is 0. The maximum Gasteiger partial charge on any atom is 0.242 e. The van der Waals surface area contributed by atoms with Gasteiger partial charge in [-0.3, -0.25) is 0 Å². The molecule has 1 aromatic carbocycles. The highest BCUT2D eigenvalue weighted by molar-refractivity contribution is 9.10. The number of sulfonamides is 1. The summed E-state index contributed by atoms with van der Waals surface area (Å²) in [4.78, 5) is 0.271. The molecule has 1 N–H and O–H groups in total. The topological polar surface area (TPSA) is 55.4 Å². The lowest BCUT2D eigenvalue weighted by atomic mass is 9.78. The molecule has 1 aliphatic carbocycles. The average Bonchev–Trinajstić information content (AvgIpc) is 2.26. The van der Waals surface area contributed by atoms with Gasteiger partial charge in [0.05, 0.1) is 17.0 Å². The van der Waals surface area contributed by atoms with E-state index in [-0.39, 0.29) is 4.90 Å². The number of hydrogen-bond acceptors (Lipinski definition) is 3. The maximum absolute atomic E-state index is 12.3. The number of benzene rings is 1. The van der Waals surface area contributed by atoms with E-state index in [0.29, 0.717) is 11.1 Å². The predicted molar refractivity (Wildman–Crippen MR) is 72.9 cm³/mol. The van der Waals surface area contributed by atoms with Crippen LogP contribution in [0.4, 0.5) is 0 Å². The first kappa shape index (κ1) is 14.0. The zero-order valence-corrected chi connectivity index (χ0v) is 12.6. The van der Waals surface area contributed by atoms with Crippen molar-refractivity contribution in [2.75, 3.05) is 13.7 Å². The highest BCUT2D eigenvalue weighted by Crippen LogP contribution is 2.34. The van der Waals surface area contributed by atoms with E-state index in [1.54, 1.807) is 31.4 Å². The Bertz CT molecular complexity index is 526. The lowest BCUT2D eigenvalue weighted by Crippen LogP contribution is -2.56. The summed E-state index contributed by atoms with van der Waals surface area (Å²) in [6.45, 7) is 0.413. The minimum Gasteiger partial charge on any atom is -0.383 e. The smallest absolute Gasteiger partial charge is 0.242 e. The normalized spacial score (nSPS) is 18.3. The second-order valence-electron chi connectivity index (χ2n) is 4.60. The van der Waals surface area contributed by atoms with E-state index in [2.05, 4.69) is 20.7 Å². The van der Waals surface area contributed by atoms with Gasteiger partial charge < -0.3 is 4.74 Å². The van der Waals surface area contributed by atoms with E-state index >= 15 is 0 Å². The van der Waals surface area contributed by atoms with Crippen molar-refractivity contribution < 1.29 is 13.2 Å². The SMILES string of the molecule is COCC1(NS(=O)(=O)c2ccccc2Br)CCC1. The summed E-state index contributed by atoms with van der Waals surface area (Å²) >= 11 is 3.27. The third-order valence-corrected chi connectivity index (χ3v) is 5.80. The lowest BCUT2D eigenvalue weighted by Gasteiger charge is -2.41. The molecule has 1 aromatic rings. The van der Waals surface area contributed by atoms with Crippen LogP contribution in [0.1, 0.15) is 19.3 Å². The number of hydrogen-bond donors (Lipinski definition) is 1. The number of rotatable bonds is 5. The zero-order chi connectivity index (χ0) is 13.2. The van der Waals surface area contributed by atoms with Gasteiger partial charge in [-0.1, -0.05) is 12.1 Å². The largest absolute Gasteiger partial charge is 0.383 e. The van der Waals surface area contributed by atoms with E-state index < -0.39 is 15.6 Å². The first-order valence-corrected chi connectivity index (χ1v) is 8.04. The van der Waals surface area contributed by atoms with Gasteiger partial charge in [-0.05, 0) is 47.3 Å². The van der Waals surface area contributed by atoms with Gasteiger partial charge in [-0.2, -0.15) is 0 Å². The van der Waals surface area contributed by atoms with E-state index in [0.717, 1.165) is 19.3 Å². The molecule has 2 rings (SSSR count). The van der Waals surface area contributed by atoms with Gasteiger partial charge in [0.1, 0.15) is 0 Å². The van der Waals surface area contributed by atoms with Crippen LogP contribution in [0, 0.1) is 0 Å². The minimum atomic E-state index is -3.51. The van der Waals surface area contributed by atoms with Crippen LogP contribution < -0.4 is 4.72 Å². The molecule has 0 heterocycles. The Balaban J connectivity index is 2.25. The molecule has 1 fully saturated rings. The fraction of sp³-hybridized carbons (Fsp3) is 0.500. The standard InChI is InChI=1S/C12H16BrNO3S/c1-17-9-12(7-4-8-12)14-18(15,16)11-6-3-2-5-10(11)13/h2-3,5-6,14H,4,7-9H2,1H3. The van der Waals surface area contributed by atoms with E-state index in [4.69, 9.17) is 4.74 Å². The Morgan fingerprint density at radius 2 is 2.06 bits per heavy atom. The minimum absolute atomic E-state index is 0.271. The molecule has 0 amide bonds. The van der Waals surface area contributed by atoms with Crippen molar-refractivity contribution in [1.82, 2.24) is 4.72 Å². The molecule has 1 saturated carbocycles. The third kappa shape index (κ3) is 2.77. The van der Waals surface area contributed by atoms with Crippen molar-refractivity contribution in [3.05, 3.63) is 28.7 Å². The molecule has 0 radical (unpaired) electrons. The number of methoxy groups -OCH3 is 1. The Labute approximate surface area is 116 Å². The molecule has 0 spiro atoms. The van der Waals surface area contributed by atoms with Crippen LogP contribution in [0.25, 0.3) is 0 Å². The molecule has 0 aromatic heterocycles. The van der Waals surface area contributed by atoms with E-state index in [9.17, 15) is 8.42 Å².